The van der Waals surface area contributed by atoms with Gasteiger partial charge in [-0.05, 0) is 24.2 Å². The molecule has 6 heteroatoms. The van der Waals surface area contributed by atoms with Crippen molar-refractivity contribution >= 4 is 11.8 Å². The molecule has 1 aliphatic rings. The zero-order valence-electron chi connectivity index (χ0n) is 13.2. The number of piperazine rings is 1. The van der Waals surface area contributed by atoms with Crippen LogP contribution in [0.2, 0.25) is 0 Å². The van der Waals surface area contributed by atoms with Gasteiger partial charge in [-0.3, -0.25) is 9.59 Å². The van der Waals surface area contributed by atoms with Crippen molar-refractivity contribution in [3.8, 4) is 5.75 Å². The Kier molecular flexibility index (Phi) is 5.77. The highest BCUT2D eigenvalue weighted by molar-refractivity contribution is 6.34. The summed E-state index contributed by atoms with van der Waals surface area (Å²) in [5, 5.41) is 2.67. The standard InChI is InChI=1S/C16H23N3O3/c1-3-18-8-10-19(11-9-18)16(21)15(20)17-12-13-4-6-14(22-2)7-5-13/h4-7H,3,8-12H2,1-2H3,(H,17,20). The summed E-state index contributed by atoms with van der Waals surface area (Å²) in [5.41, 5.74) is 0.928. The topological polar surface area (TPSA) is 61.9 Å². The molecule has 0 spiro atoms. The Balaban J connectivity index is 1.80. The summed E-state index contributed by atoms with van der Waals surface area (Å²) in [6.45, 7) is 6.29. The molecule has 0 bridgehead atoms. The molecule has 0 atom stereocenters. The van der Waals surface area contributed by atoms with Gasteiger partial charge in [-0.1, -0.05) is 19.1 Å². The highest BCUT2D eigenvalue weighted by Gasteiger charge is 2.25. The zero-order chi connectivity index (χ0) is 15.9. The molecule has 2 rings (SSSR count). The lowest BCUT2D eigenvalue weighted by Gasteiger charge is -2.33. The first-order valence-electron chi connectivity index (χ1n) is 7.56. The Hall–Kier alpha value is -2.08. The number of hydrogen-bond donors (Lipinski definition) is 1. The van der Waals surface area contributed by atoms with Crippen molar-refractivity contribution in [1.82, 2.24) is 15.1 Å². The third-order valence-corrected chi connectivity index (χ3v) is 3.91. The summed E-state index contributed by atoms with van der Waals surface area (Å²) in [6, 6.07) is 7.38. The molecule has 1 aliphatic heterocycles. The Bertz CT molecular complexity index is 508. The number of carbonyl (C=O) groups excluding carboxylic acids is 2. The first kappa shape index (κ1) is 16.3. The van der Waals surface area contributed by atoms with Crippen molar-refractivity contribution in [2.24, 2.45) is 0 Å². The summed E-state index contributed by atoms with van der Waals surface area (Å²) in [6.07, 6.45) is 0. The zero-order valence-corrected chi connectivity index (χ0v) is 13.2. The molecule has 1 heterocycles. The molecule has 1 aromatic rings. The smallest absolute Gasteiger partial charge is 0.311 e. The molecule has 1 saturated heterocycles. The lowest BCUT2D eigenvalue weighted by atomic mass is 10.2. The van der Waals surface area contributed by atoms with E-state index in [9.17, 15) is 9.59 Å². The molecule has 120 valence electrons. The summed E-state index contributed by atoms with van der Waals surface area (Å²) in [4.78, 5) is 27.9. The maximum absolute atomic E-state index is 12.1. The number of hydrogen-bond acceptors (Lipinski definition) is 4. The largest absolute Gasteiger partial charge is 0.497 e. The van der Waals surface area contributed by atoms with E-state index in [-0.39, 0.29) is 0 Å². The normalized spacial score (nSPS) is 15.5. The number of amides is 2. The van der Waals surface area contributed by atoms with Crippen molar-refractivity contribution in [3.63, 3.8) is 0 Å². The molecule has 1 N–H and O–H groups in total. The second kappa shape index (κ2) is 7.79. The number of likely N-dealkylation sites (N-methyl/N-ethyl adjacent to an activating group) is 1. The number of carbonyl (C=O) groups is 2. The number of ether oxygens (including phenoxy) is 1. The van der Waals surface area contributed by atoms with Gasteiger partial charge in [0, 0.05) is 32.7 Å². The second-order valence-corrected chi connectivity index (χ2v) is 5.26. The van der Waals surface area contributed by atoms with E-state index in [2.05, 4.69) is 17.1 Å². The van der Waals surface area contributed by atoms with Crippen LogP contribution in [0.15, 0.2) is 24.3 Å². The van der Waals surface area contributed by atoms with Gasteiger partial charge >= 0.3 is 11.8 Å². The maximum Gasteiger partial charge on any atom is 0.311 e. The van der Waals surface area contributed by atoms with E-state index in [1.165, 1.54) is 0 Å². The molecule has 2 amide bonds. The third-order valence-electron chi connectivity index (χ3n) is 3.91. The molecular formula is C16H23N3O3. The molecule has 0 aromatic heterocycles. The lowest BCUT2D eigenvalue weighted by Crippen LogP contribution is -2.52. The van der Waals surface area contributed by atoms with Crippen molar-refractivity contribution in [2.45, 2.75) is 13.5 Å². The molecule has 0 saturated carbocycles. The van der Waals surface area contributed by atoms with Crippen LogP contribution >= 0.6 is 0 Å². The van der Waals surface area contributed by atoms with Gasteiger partial charge in [0.15, 0.2) is 0 Å². The van der Waals surface area contributed by atoms with Crippen molar-refractivity contribution in [1.29, 1.82) is 0 Å². The Morgan fingerprint density at radius 2 is 1.77 bits per heavy atom. The van der Waals surface area contributed by atoms with Gasteiger partial charge in [0.1, 0.15) is 5.75 Å². The fourth-order valence-corrected chi connectivity index (χ4v) is 2.41. The van der Waals surface area contributed by atoms with Gasteiger partial charge < -0.3 is 19.9 Å². The number of methoxy groups -OCH3 is 1. The fraction of sp³-hybridized carbons (Fsp3) is 0.500. The van der Waals surface area contributed by atoms with Gasteiger partial charge in [0.25, 0.3) is 0 Å². The summed E-state index contributed by atoms with van der Waals surface area (Å²) in [7, 11) is 1.60. The van der Waals surface area contributed by atoms with Crippen LogP contribution in [-0.2, 0) is 16.1 Å². The summed E-state index contributed by atoms with van der Waals surface area (Å²) < 4.78 is 5.08. The Morgan fingerprint density at radius 3 is 2.32 bits per heavy atom. The van der Waals surface area contributed by atoms with E-state index < -0.39 is 11.8 Å². The quantitative estimate of drug-likeness (QED) is 0.822. The van der Waals surface area contributed by atoms with Crippen LogP contribution in [0.3, 0.4) is 0 Å². The molecule has 0 unspecified atom stereocenters. The number of rotatable bonds is 4. The van der Waals surface area contributed by atoms with Crippen LogP contribution in [0.4, 0.5) is 0 Å². The van der Waals surface area contributed by atoms with E-state index in [1.54, 1.807) is 12.0 Å². The fourth-order valence-electron chi connectivity index (χ4n) is 2.41. The minimum absolute atomic E-state index is 0.337. The number of nitrogens with zero attached hydrogens (tertiary/aromatic N) is 2. The van der Waals surface area contributed by atoms with Gasteiger partial charge in [0.05, 0.1) is 7.11 Å². The predicted octanol–water partition coefficient (Wildman–Crippen LogP) is 0.476. The van der Waals surface area contributed by atoms with Gasteiger partial charge in [-0.15, -0.1) is 0 Å². The summed E-state index contributed by atoms with van der Waals surface area (Å²) >= 11 is 0. The Morgan fingerprint density at radius 1 is 1.14 bits per heavy atom. The molecule has 0 aliphatic carbocycles. The van der Waals surface area contributed by atoms with Crippen molar-refractivity contribution in [3.05, 3.63) is 29.8 Å². The SMILES string of the molecule is CCN1CCN(C(=O)C(=O)NCc2ccc(OC)cc2)CC1. The van der Waals surface area contributed by atoms with Crippen LogP contribution in [0, 0.1) is 0 Å². The van der Waals surface area contributed by atoms with Crippen LogP contribution in [-0.4, -0.2) is 61.4 Å². The molecule has 1 fully saturated rings. The Labute approximate surface area is 131 Å². The molecule has 1 aromatic carbocycles. The monoisotopic (exact) mass is 305 g/mol. The van der Waals surface area contributed by atoms with Crippen LogP contribution in [0.25, 0.3) is 0 Å². The number of nitrogens with one attached hydrogen (secondary N) is 1. The average Bonchev–Trinajstić information content (AvgIpc) is 2.59. The molecular weight excluding hydrogens is 282 g/mol. The van der Waals surface area contributed by atoms with Crippen molar-refractivity contribution in [2.75, 3.05) is 39.8 Å². The van der Waals surface area contributed by atoms with E-state index >= 15 is 0 Å². The van der Waals surface area contributed by atoms with E-state index in [1.807, 2.05) is 24.3 Å². The van der Waals surface area contributed by atoms with Gasteiger partial charge in [-0.25, -0.2) is 0 Å². The van der Waals surface area contributed by atoms with E-state index in [0.717, 1.165) is 30.9 Å². The van der Waals surface area contributed by atoms with Crippen LogP contribution < -0.4 is 10.1 Å². The van der Waals surface area contributed by atoms with Gasteiger partial charge in [0.2, 0.25) is 0 Å². The minimum Gasteiger partial charge on any atom is -0.497 e. The summed E-state index contributed by atoms with van der Waals surface area (Å²) in [5.74, 6) is -0.218. The lowest BCUT2D eigenvalue weighted by molar-refractivity contribution is -0.147. The van der Waals surface area contributed by atoms with E-state index in [0.29, 0.717) is 19.6 Å². The molecule has 22 heavy (non-hydrogen) atoms. The predicted molar refractivity (Wildman–Crippen MR) is 83.5 cm³/mol. The maximum atomic E-state index is 12.1. The third kappa shape index (κ3) is 4.21. The first-order chi connectivity index (χ1) is 10.6. The van der Waals surface area contributed by atoms with E-state index in [4.69, 9.17) is 4.74 Å². The molecule has 6 nitrogen and oxygen atoms in total. The number of benzene rings is 1. The highest BCUT2D eigenvalue weighted by Crippen LogP contribution is 2.11. The van der Waals surface area contributed by atoms with Crippen molar-refractivity contribution < 1.29 is 14.3 Å². The second-order valence-electron chi connectivity index (χ2n) is 5.26. The van der Waals surface area contributed by atoms with Gasteiger partial charge in [-0.2, -0.15) is 0 Å². The average molecular weight is 305 g/mol. The highest BCUT2D eigenvalue weighted by atomic mass is 16.5. The van der Waals surface area contributed by atoms with Crippen LogP contribution in [0.5, 0.6) is 5.75 Å². The first-order valence-corrected chi connectivity index (χ1v) is 7.56. The molecule has 0 radical (unpaired) electrons. The minimum atomic E-state index is -0.541. The van der Waals surface area contributed by atoms with Crippen LogP contribution in [0.1, 0.15) is 12.5 Å².